The molecule has 0 amide bonds. The van der Waals surface area contributed by atoms with E-state index in [0.717, 1.165) is 50.3 Å². The van der Waals surface area contributed by atoms with Crippen LogP contribution >= 0.6 is 12.2 Å². The van der Waals surface area contributed by atoms with Gasteiger partial charge in [-0.3, -0.25) is 4.99 Å². The van der Waals surface area contributed by atoms with Crippen molar-refractivity contribution in [1.82, 2.24) is 10.6 Å². The zero-order chi connectivity index (χ0) is 28.4. The van der Waals surface area contributed by atoms with Gasteiger partial charge in [0.15, 0.2) is 5.11 Å². The van der Waals surface area contributed by atoms with Gasteiger partial charge in [-0.2, -0.15) is 0 Å². The highest BCUT2D eigenvalue weighted by Gasteiger charge is 2.27. The van der Waals surface area contributed by atoms with Crippen LogP contribution in [0.3, 0.4) is 0 Å². The van der Waals surface area contributed by atoms with Gasteiger partial charge in [-0.15, -0.1) is 0 Å². The molecule has 0 aliphatic heterocycles. The molecule has 0 heterocycles. The van der Waals surface area contributed by atoms with Crippen molar-refractivity contribution in [2.24, 2.45) is 10.4 Å². The SMILES string of the molecule is C=C/C=C(\C=C(/CCCCCCC)C(C)(F)F)NC(=S)NC(=C)/C(C)=C/CC(=NC)C(C)(C)C.CC. The Morgan fingerprint density at radius 2 is 1.61 bits per heavy atom. The third kappa shape index (κ3) is 16.6. The van der Waals surface area contributed by atoms with Crippen LogP contribution < -0.4 is 10.6 Å². The van der Waals surface area contributed by atoms with Crippen LogP contribution in [0.5, 0.6) is 0 Å². The van der Waals surface area contributed by atoms with Gasteiger partial charge in [0.25, 0.3) is 5.92 Å². The van der Waals surface area contributed by atoms with Crippen LogP contribution in [-0.2, 0) is 0 Å². The molecule has 0 spiro atoms. The summed E-state index contributed by atoms with van der Waals surface area (Å²) in [4.78, 5) is 4.39. The predicted molar refractivity (Wildman–Crippen MR) is 161 cm³/mol. The minimum atomic E-state index is -2.91. The summed E-state index contributed by atoms with van der Waals surface area (Å²) in [5, 5.41) is 6.34. The number of aliphatic imine (C=N–C) groups is 1. The lowest BCUT2D eigenvalue weighted by molar-refractivity contribution is 0.0591. The topological polar surface area (TPSA) is 36.4 Å². The number of nitrogens with zero attached hydrogens (tertiary/aromatic N) is 1. The minimum Gasteiger partial charge on any atom is -0.333 e. The lowest BCUT2D eigenvalue weighted by Gasteiger charge is -2.21. The van der Waals surface area contributed by atoms with Crippen molar-refractivity contribution >= 4 is 23.0 Å². The maximum atomic E-state index is 14.3. The maximum absolute atomic E-state index is 14.3. The molecule has 0 fully saturated rings. The molecule has 36 heavy (non-hydrogen) atoms. The highest BCUT2D eigenvalue weighted by atomic mass is 32.1. The fourth-order valence-corrected chi connectivity index (χ4v) is 3.52. The first kappa shape index (κ1) is 36.1. The Morgan fingerprint density at radius 1 is 1.03 bits per heavy atom. The number of hydrogen-bond acceptors (Lipinski definition) is 2. The summed E-state index contributed by atoms with van der Waals surface area (Å²) in [6, 6.07) is 0. The standard InChI is InChI=1S/C28H45F2N3S.C2H6/c1-10-12-13-14-15-17-23(28(8,29)30)20-24(16-11-2)33-26(34)32-22(4)21(3)18-19-25(31-9)27(5,6)7;1-2/h11,16,18,20H,2,4,10,12-15,17,19H2,1,3,5-9H3,(H2,32,33,34);1-2H3/b21-18+,23-20+,24-16+,31-25?;. The third-order valence-corrected chi connectivity index (χ3v) is 5.68. The first-order chi connectivity index (χ1) is 16.8. The van der Waals surface area contributed by atoms with Gasteiger partial charge >= 0.3 is 0 Å². The average molecular weight is 524 g/mol. The fourth-order valence-electron chi connectivity index (χ4n) is 3.28. The normalized spacial score (nSPS) is 13.5. The molecule has 0 unspecified atom stereocenters. The molecule has 0 aliphatic carbocycles. The van der Waals surface area contributed by atoms with E-state index in [-0.39, 0.29) is 16.1 Å². The molecule has 6 heteroatoms. The first-order valence-corrected chi connectivity index (χ1v) is 13.5. The van der Waals surface area contributed by atoms with Crippen LogP contribution in [0.4, 0.5) is 8.78 Å². The summed E-state index contributed by atoms with van der Waals surface area (Å²) < 4.78 is 28.5. The van der Waals surface area contributed by atoms with Crippen molar-refractivity contribution in [3.05, 3.63) is 60.0 Å². The monoisotopic (exact) mass is 523 g/mol. The number of nitrogens with one attached hydrogen (secondary N) is 2. The zero-order valence-corrected chi connectivity index (χ0v) is 25.1. The summed E-state index contributed by atoms with van der Waals surface area (Å²) in [6.07, 6.45) is 12.8. The van der Waals surface area contributed by atoms with Gasteiger partial charge in [0.2, 0.25) is 0 Å². The van der Waals surface area contributed by atoms with Gasteiger partial charge in [0.05, 0.1) is 0 Å². The Balaban J connectivity index is 0. The van der Waals surface area contributed by atoms with Crippen molar-refractivity contribution in [2.45, 2.75) is 106 Å². The summed E-state index contributed by atoms with van der Waals surface area (Å²) in [5.74, 6) is -2.91. The maximum Gasteiger partial charge on any atom is 0.266 e. The second-order valence-electron chi connectivity index (χ2n) is 9.65. The second kappa shape index (κ2) is 19.1. The van der Waals surface area contributed by atoms with Gasteiger partial charge in [-0.05, 0) is 49.7 Å². The van der Waals surface area contributed by atoms with E-state index in [1.807, 2.05) is 20.8 Å². The molecule has 0 radical (unpaired) electrons. The molecule has 0 bridgehead atoms. The van der Waals surface area contributed by atoms with Crippen LogP contribution in [0.15, 0.2) is 65.0 Å². The lowest BCUT2D eigenvalue weighted by Crippen LogP contribution is -2.34. The van der Waals surface area contributed by atoms with Crippen LogP contribution in [0.1, 0.15) is 100 Å². The number of thiocarbonyl (C=S) groups is 1. The number of rotatable bonds is 14. The number of allylic oxidation sites excluding steroid dienone is 6. The molecular weight excluding hydrogens is 472 g/mol. The van der Waals surface area contributed by atoms with Crippen LogP contribution in [0, 0.1) is 5.41 Å². The van der Waals surface area contributed by atoms with Gasteiger partial charge in [-0.1, -0.05) is 92.5 Å². The number of alkyl halides is 2. The van der Waals surface area contributed by atoms with Crippen LogP contribution in [-0.4, -0.2) is 23.8 Å². The minimum absolute atomic E-state index is 0.0110. The number of hydrogen-bond donors (Lipinski definition) is 2. The molecule has 0 aromatic heterocycles. The van der Waals surface area contributed by atoms with E-state index in [9.17, 15) is 8.78 Å². The Labute approximate surface area is 226 Å². The Morgan fingerprint density at radius 3 is 2.08 bits per heavy atom. The molecule has 0 rings (SSSR count). The third-order valence-electron chi connectivity index (χ3n) is 5.48. The molecule has 206 valence electrons. The highest BCUT2D eigenvalue weighted by Crippen LogP contribution is 2.29. The summed E-state index contributed by atoms with van der Waals surface area (Å²) in [6.45, 7) is 23.2. The van der Waals surface area contributed by atoms with E-state index in [1.165, 1.54) is 6.08 Å². The summed E-state index contributed by atoms with van der Waals surface area (Å²) in [5.41, 5.74) is 3.19. The van der Waals surface area contributed by atoms with Crippen molar-refractivity contribution < 1.29 is 8.78 Å². The molecule has 0 saturated carbocycles. The van der Waals surface area contributed by atoms with Crippen molar-refractivity contribution in [1.29, 1.82) is 0 Å². The molecular formula is C30H51F2N3S. The van der Waals surface area contributed by atoms with Gasteiger partial charge in [0.1, 0.15) is 0 Å². The van der Waals surface area contributed by atoms with Gasteiger partial charge < -0.3 is 10.6 Å². The smallest absolute Gasteiger partial charge is 0.266 e. The second-order valence-corrected chi connectivity index (χ2v) is 10.1. The largest absolute Gasteiger partial charge is 0.333 e. The van der Waals surface area contributed by atoms with Crippen LogP contribution in [0.2, 0.25) is 0 Å². The highest BCUT2D eigenvalue weighted by molar-refractivity contribution is 7.80. The van der Waals surface area contributed by atoms with Gasteiger partial charge in [-0.25, -0.2) is 8.78 Å². The average Bonchev–Trinajstić information content (AvgIpc) is 2.78. The van der Waals surface area contributed by atoms with Crippen molar-refractivity contribution in [3.8, 4) is 0 Å². The van der Waals surface area contributed by atoms with E-state index < -0.39 is 5.92 Å². The molecule has 0 atom stereocenters. The van der Waals surface area contributed by atoms with E-state index in [1.54, 1.807) is 19.2 Å². The number of unbranched alkanes of at least 4 members (excludes halogenated alkanes) is 4. The van der Waals surface area contributed by atoms with E-state index >= 15 is 0 Å². The van der Waals surface area contributed by atoms with Crippen molar-refractivity contribution in [2.75, 3.05) is 7.05 Å². The Kier molecular flexibility index (Phi) is 19.1. The molecule has 0 aromatic carbocycles. The first-order valence-electron chi connectivity index (χ1n) is 13.1. The summed E-state index contributed by atoms with van der Waals surface area (Å²) in [7, 11) is 1.80. The molecule has 2 N–H and O–H groups in total. The fraction of sp³-hybridized carbons (Fsp3) is 0.600. The van der Waals surface area contributed by atoms with E-state index in [2.05, 4.69) is 62.6 Å². The summed E-state index contributed by atoms with van der Waals surface area (Å²) >= 11 is 5.41. The molecule has 0 aliphatic rings. The van der Waals surface area contributed by atoms with E-state index in [4.69, 9.17) is 12.2 Å². The number of halogens is 2. The Bertz CT molecular complexity index is 807. The quantitative estimate of drug-likeness (QED) is 0.103. The lowest BCUT2D eigenvalue weighted by atomic mass is 9.87. The molecule has 3 nitrogen and oxygen atoms in total. The molecule has 0 saturated heterocycles. The van der Waals surface area contributed by atoms with Crippen molar-refractivity contribution in [3.63, 3.8) is 0 Å². The van der Waals surface area contributed by atoms with Crippen LogP contribution in [0.25, 0.3) is 0 Å². The molecule has 0 aromatic rings. The van der Waals surface area contributed by atoms with Gasteiger partial charge in [0, 0.05) is 48.5 Å². The zero-order valence-electron chi connectivity index (χ0n) is 24.3. The predicted octanol–water partition coefficient (Wildman–Crippen LogP) is 9.46. The Hall–Kier alpha value is -2.08. The van der Waals surface area contributed by atoms with E-state index in [0.29, 0.717) is 24.2 Å².